The highest BCUT2D eigenvalue weighted by Crippen LogP contribution is 2.24. The van der Waals surface area contributed by atoms with Gasteiger partial charge < -0.3 is 19.7 Å². The zero-order valence-electron chi connectivity index (χ0n) is 14.9. The molecule has 0 aliphatic carbocycles. The van der Waals surface area contributed by atoms with Crippen molar-refractivity contribution >= 4 is 12.2 Å². The van der Waals surface area contributed by atoms with E-state index in [1.54, 1.807) is 4.90 Å². The van der Waals surface area contributed by atoms with Crippen molar-refractivity contribution in [2.24, 2.45) is 0 Å². The number of rotatable bonds is 1. The van der Waals surface area contributed by atoms with Gasteiger partial charge in [-0.15, -0.1) is 0 Å². The Kier molecular flexibility index (Phi) is 5.36. The highest BCUT2D eigenvalue weighted by molar-refractivity contribution is 5.70. The molecule has 6 nitrogen and oxygen atoms in total. The summed E-state index contributed by atoms with van der Waals surface area (Å²) >= 11 is 0. The van der Waals surface area contributed by atoms with Crippen LogP contribution in [-0.2, 0) is 9.47 Å². The highest BCUT2D eigenvalue weighted by atomic mass is 16.6. The van der Waals surface area contributed by atoms with Crippen LogP contribution in [0, 0.1) is 0 Å². The van der Waals surface area contributed by atoms with Gasteiger partial charge in [0.05, 0.1) is 0 Å². The molecule has 128 valence electrons. The molecule has 0 aromatic carbocycles. The first-order valence-corrected chi connectivity index (χ1v) is 7.79. The van der Waals surface area contributed by atoms with E-state index in [9.17, 15) is 9.59 Å². The molecule has 0 saturated carbocycles. The second-order valence-corrected chi connectivity index (χ2v) is 8.15. The Morgan fingerprint density at radius 2 is 1.41 bits per heavy atom. The van der Waals surface area contributed by atoms with Crippen LogP contribution in [0.2, 0.25) is 0 Å². The molecule has 0 bridgehead atoms. The summed E-state index contributed by atoms with van der Waals surface area (Å²) in [5.41, 5.74) is -1.37. The van der Waals surface area contributed by atoms with E-state index in [0.717, 1.165) is 0 Å². The first-order valence-electron chi connectivity index (χ1n) is 7.79. The number of piperidine rings is 1. The van der Waals surface area contributed by atoms with Crippen molar-refractivity contribution in [3.05, 3.63) is 0 Å². The van der Waals surface area contributed by atoms with Gasteiger partial charge in [0.1, 0.15) is 11.2 Å². The van der Waals surface area contributed by atoms with Crippen molar-refractivity contribution in [1.82, 2.24) is 10.2 Å². The van der Waals surface area contributed by atoms with Gasteiger partial charge in [-0.05, 0) is 61.3 Å². The molecule has 1 fully saturated rings. The van der Waals surface area contributed by atoms with E-state index >= 15 is 0 Å². The molecule has 2 amide bonds. The van der Waals surface area contributed by atoms with Gasteiger partial charge >= 0.3 is 12.2 Å². The third-order valence-corrected chi connectivity index (χ3v) is 3.32. The third-order valence-electron chi connectivity index (χ3n) is 3.32. The summed E-state index contributed by atoms with van der Waals surface area (Å²) in [6.45, 7) is 14.1. The first-order chi connectivity index (χ1) is 9.80. The number of hydrogen-bond acceptors (Lipinski definition) is 4. The van der Waals surface area contributed by atoms with Gasteiger partial charge in [0.2, 0.25) is 0 Å². The molecular weight excluding hydrogens is 284 g/mol. The Morgan fingerprint density at radius 1 is 0.955 bits per heavy atom. The summed E-state index contributed by atoms with van der Waals surface area (Å²) < 4.78 is 10.7. The van der Waals surface area contributed by atoms with E-state index in [1.165, 1.54) is 0 Å². The summed E-state index contributed by atoms with van der Waals surface area (Å²) in [6.07, 6.45) is 0.629. The molecule has 6 heteroatoms. The van der Waals surface area contributed by atoms with Crippen LogP contribution in [0.4, 0.5) is 9.59 Å². The highest BCUT2D eigenvalue weighted by Gasteiger charge is 2.35. The Balaban J connectivity index is 2.49. The molecule has 1 saturated heterocycles. The van der Waals surface area contributed by atoms with Crippen LogP contribution < -0.4 is 5.32 Å². The van der Waals surface area contributed by atoms with Crippen molar-refractivity contribution in [3.8, 4) is 0 Å². The van der Waals surface area contributed by atoms with Crippen molar-refractivity contribution in [2.75, 3.05) is 13.1 Å². The van der Waals surface area contributed by atoms with Gasteiger partial charge in [-0.1, -0.05) is 0 Å². The van der Waals surface area contributed by atoms with Crippen LogP contribution in [0.1, 0.15) is 61.3 Å². The molecule has 0 aromatic rings. The fraction of sp³-hybridized carbons (Fsp3) is 0.875. The van der Waals surface area contributed by atoms with Gasteiger partial charge in [-0.25, -0.2) is 9.59 Å². The average molecular weight is 314 g/mol. The van der Waals surface area contributed by atoms with Gasteiger partial charge in [0.25, 0.3) is 0 Å². The number of alkyl carbamates (subject to hydrolysis) is 1. The number of ether oxygens (including phenoxy) is 2. The van der Waals surface area contributed by atoms with Gasteiger partial charge in [0, 0.05) is 18.6 Å². The molecule has 1 heterocycles. The summed E-state index contributed by atoms with van der Waals surface area (Å²) in [5.74, 6) is 0. The summed E-state index contributed by atoms with van der Waals surface area (Å²) in [5, 5.41) is 2.92. The lowest BCUT2D eigenvalue weighted by Gasteiger charge is -2.40. The molecule has 0 atom stereocenters. The summed E-state index contributed by atoms with van der Waals surface area (Å²) in [6, 6.07) is 0. The molecule has 22 heavy (non-hydrogen) atoms. The molecule has 1 aliphatic heterocycles. The largest absolute Gasteiger partial charge is 0.444 e. The minimum atomic E-state index is -0.516. The normalized spacial score (nSPS) is 18.6. The maximum absolute atomic E-state index is 12.0. The minimum absolute atomic E-state index is 0.299. The SMILES string of the molecule is CC1(NC(=O)OC(C)(C)C)CCN(C(=O)OC(C)(C)C)CC1. The number of carbonyl (C=O) groups is 2. The predicted octanol–water partition coefficient (Wildman–Crippen LogP) is 3.30. The molecule has 0 radical (unpaired) electrons. The predicted molar refractivity (Wildman–Crippen MR) is 84.8 cm³/mol. The molecule has 0 aromatic heterocycles. The second-order valence-electron chi connectivity index (χ2n) is 8.15. The van der Waals surface area contributed by atoms with E-state index in [4.69, 9.17) is 9.47 Å². The fourth-order valence-corrected chi connectivity index (χ4v) is 2.18. The number of amides is 2. The fourth-order valence-electron chi connectivity index (χ4n) is 2.18. The van der Waals surface area contributed by atoms with Crippen LogP contribution in [0.5, 0.6) is 0 Å². The van der Waals surface area contributed by atoms with Crippen molar-refractivity contribution in [2.45, 2.75) is 78.0 Å². The Labute approximate surface area is 133 Å². The standard InChI is InChI=1S/C16H30N2O4/c1-14(2,3)21-12(19)17-16(7)8-10-18(11-9-16)13(20)22-15(4,5)6/h8-11H2,1-7H3,(H,17,19). The lowest BCUT2D eigenvalue weighted by molar-refractivity contribution is 0.0135. The molecular formula is C16H30N2O4. The van der Waals surface area contributed by atoms with E-state index in [0.29, 0.717) is 25.9 Å². The Hall–Kier alpha value is -1.46. The Bertz CT molecular complexity index is 413. The maximum atomic E-state index is 12.0. The topological polar surface area (TPSA) is 67.9 Å². The number of likely N-dealkylation sites (tertiary alicyclic amines) is 1. The van der Waals surface area contributed by atoms with E-state index in [1.807, 2.05) is 48.5 Å². The van der Waals surface area contributed by atoms with Crippen LogP contribution in [0.3, 0.4) is 0 Å². The van der Waals surface area contributed by atoms with Crippen LogP contribution in [-0.4, -0.2) is 46.9 Å². The maximum Gasteiger partial charge on any atom is 0.410 e. The smallest absolute Gasteiger partial charge is 0.410 e. The Morgan fingerprint density at radius 3 is 1.82 bits per heavy atom. The van der Waals surface area contributed by atoms with Crippen LogP contribution >= 0.6 is 0 Å². The average Bonchev–Trinajstić information content (AvgIpc) is 2.23. The van der Waals surface area contributed by atoms with E-state index in [-0.39, 0.29) is 11.6 Å². The first kappa shape index (κ1) is 18.6. The summed E-state index contributed by atoms with van der Waals surface area (Å²) in [7, 11) is 0. The number of carbonyl (C=O) groups excluding carboxylic acids is 2. The summed E-state index contributed by atoms with van der Waals surface area (Å²) in [4.78, 5) is 25.6. The zero-order valence-corrected chi connectivity index (χ0v) is 14.9. The van der Waals surface area contributed by atoms with Crippen molar-refractivity contribution in [3.63, 3.8) is 0 Å². The lowest BCUT2D eigenvalue weighted by Crippen LogP contribution is -2.55. The van der Waals surface area contributed by atoms with Gasteiger partial charge in [0.15, 0.2) is 0 Å². The van der Waals surface area contributed by atoms with Gasteiger partial charge in [-0.2, -0.15) is 0 Å². The quantitative estimate of drug-likeness (QED) is 0.806. The number of nitrogens with one attached hydrogen (secondary N) is 1. The van der Waals surface area contributed by atoms with E-state index in [2.05, 4.69) is 5.32 Å². The molecule has 1 rings (SSSR count). The lowest BCUT2D eigenvalue weighted by atomic mass is 9.90. The minimum Gasteiger partial charge on any atom is -0.444 e. The number of nitrogens with zero attached hydrogens (tertiary/aromatic N) is 1. The van der Waals surface area contributed by atoms with Gasteiger partial charge in [-0.3, -0.25) is 0 Å². The van der Waals surface area contributed by atoms with Crippen LogP contribution in [0.15, 0.2) is 0 Å². The second kappa shape index (κ2) is 6.34. The third kappa shape index (κ3) is 6.54. The monoisotopic (exact) mass is 314 g/mol. The molecule has 1 N–H and O–H groups in total. The molecule has 1 aliphatic rings. The van der Waals surface area contributed by atoms with Crippen LogP contribution in [0.25, 0.3) is 0 Å². The van der Waals surface area contributed by atoms with Crippen molar-refractivity contribution < 1.29 is 19.1 Å². The van der Waals surface area contributed by atoms with E-state index < -0.39 is 17.3 Å². The zero-order chi connectivity index (χ0) is 17.2. The van der Waals surface area contributed by atoms with Crippen molar-refractivity contribution in [1.29, 1.82) is 0 Å². The molecule has 0 unspecified atom stereocenters. The molecule has 0 spiro atoms. The number of hydrogen-bond donors (Lipinski definition) is 1.